The van der Waals surface area contributed by atoms with E-state index < -0.39 is 7.26 Å². The van der Waals surface area contributed by atoms with Crippen LogP contribution in [0.15, 0.2) is 0 Å². The van der Waals surface area contributed by atoms with Gasteiger partial charge in [0.15, 0.2) is 6.35 Å². The van der Waals surface area contributed by atoms with Crippen molar-refractivity contribution in [3.05, 3.63) is 0 Å². The van der Waals surface area contributed by atoms with Crippen molar-refractivity contribution in [2.24, 2.45) is 17.8 Å². The van der Waals surface area contributed by atoms with Gasteiger partial charge in [0, 0.05) is 7.26 Å². The molecule has 20 heavy (non-hydrogen) atoms. The molecule has 1 heterocycles. The van der Waals surface area contributed by atoms with Gasteiger partial charge in [0.2, 0.25) is 0 Å². The van der Waals surface area contributed by atoms with Crippen molar-refractivity contribution in [2.45, 2.75) is 53.1 Å². The number of ether oxygens (including phenoxy) is 2. The maximum atomic E-state index is 6.50. The molecule has 0 aromatic heterocycles. The molecule has 0 spiro atoms. The molecule has 3 atom stereocenters. The third-order valence-electron chi connectivity index (χ3n) is 5.76. The zero-order valence-corrected chi connectivity index (χ0v) is 14.8. The zero-order valence-electron chi connectivity index (χ0n) is 13.9. The Kier molecular flexibility index (Phi) is 6.32. The molecule has 0 aromatic rings. The molecule has 1 saturated carbocycles. The molecule has 0 aromatic carbocycles. The normalized spacial score (nSPS) is 34.4. The van der Waals surface area contributed by atoms with Gasteiger partial charge in [-0.3, -0.25) is 0 Å². The molecule has 0 bridgehead atoms. The highest BCUT2D eigenvalue weighted by atomic mass is 31.2. The zero-order chi connectivity index (χ0) is 14.6. The van der Waals surface area contributed by atoms with Crippen LogP contribution in [-0.2, 0) is 9.47 Å². The van der Waals surface area contributed by atoms with Crippen LogP contribution in [0.4, 0.5) is 0 Å². The van der Waals surface area contributed by atoms with Crippen LogP contribution in [0.1, 0.15) is 47.0 Å². The van der Waals surface area contributed by atoms with E-state index in [2.05, 4.69) is 27.7 Å². The number of rotatable bonds is 5. The van der Waals surface area contributed by atoms with Gasteiger partial charge >= 0.3 is 0 Å². The Morgan fingerprint density at radius 1 is 1.20 bits per heavy atom. The third-order valence-corrected chi connectivity index (χ3v) is 10.1. The lowest BCUT2D eigenvalue weighted by molar-refractivity contribution is -0.00744. The Hall–Kier alpha value is 0.350. The molecule has 2 fully saturated rings. The van der Waals surface area contributed by atoms with E-state index in [4.69, 9.17) is 9.47 Å². The molecule has 2 aliphatic rings. The molecular weight excluding hydrogens is 267 g/mol. The summed E-state index contributed by atoms with van der Waals surface area (Å²) in [6.45, 7) is 11.4. The van der Waals surface area contributed by atoms with Crippen LogP contribution in [0, 0.1) is 17.8 Å². The smallest absolute Gasteiger partial charge is 0.157 e. The van der Waals surface area contributed by atoms with Crippen molar-refractivity contribution in [1.29, 1.82) is 0 Å². The summed E-state index contributed by atoms with van der Waals surface area (Å²) in [6.07, 6.45) is 9.55. The van der Waals surface area contributed by atoms with Gasteiger partial charge in [-0.15, -0.1) is 0 Å². The fraction of sp³-hybridized carbons (Fsp3) is 1.00. The van der Waals surface area contributed by atoms with Crippen molar-refractivity contribution in [3.63, 3.8) is 0 Å². The Bertz CT molecular complexity index is 287. The van der Waals surface area contributed by atoms with Crippen LogP contribution in [0.3, 0.4) is 0 Å². The standard InChI is InChI=1S/C17H34O2P/c1-5-20(10-8-18-9-11-20)13-19-17-12-16(14(2)3)7-6-15(17)4/h14-17H,5-13H2,1-4H3/q+1/t15?,16?,17-/m0/s1. The predicted octanol–water partition coefficient (Wildman–Crippen LogP) is 4.49. The van der Waals surface area contributed by atoms with Crippen molar-refractivity contribution < 1.29 is 9.47 Å². The van der Waals surface area contributed by atoms with Gasteiger partial charge in [0.05, 0.1) is 37.8 Å². The second kappa shape index (κ2) is 7.56. The van der Waals surface area contributed by atoms with Crippen molar-refractivity contribution in [2.75, 3.05) is 38.0 Å². The molecule has 2 unspecified atom stereocenters. The van der Waals surface area contributed by atoms with E-state index in [9.17, 15) is 0 Å². The van der Waals surface area contributed by atoms with E-state index >= 15 is 0 Å². The molecule has 1 saturated heterocycles. The molecule has 3 heteroatoms. The lowest BCUT2D eigenvalue weighted by Gasteiger charge is -2.38. The summed E-state index contributed by atoms with van der Waals surface area (Å²) in [5, 5.41) is 0. The summed E-state index contributed by atoms with van der Waals surface area (Å²) in [6, 6.07) is 0. The highest BCUT2D eigenvalue weighted by molar-refractivity contribution is 7.75. The van der Waals surface area contributed by atoms with E-state index in [0.29, 0.717) is 6.10 Å². The topological polar surface area (TPSA) is 18.5 Å². The maximum Gasteiger partial charge on any atom is 0.157 e. The van der Waals surface area contributed by atoms with Gasteiger partial charge in [0.1, 0.15) is 0 Å². The summed E-state index contributed by atoms with van der Waals surface area (Å²) >= 11 is 0. The summed E-state index contributed by atoms with van der Waals surface area (Å²) in [5.41, 5.74) is 0. The van der Waals surface area contributed by atoms with Crippen LogP contribution in [0.5, 0.6) is 0 Å². The molecule has 2 rings (SSSR count). The Morgan fingerprint density at radius 2 is 1.90 bits per heavy atom. The fourth-order valence-corrected chi connectivity index (χ4v) is 6.51. The van der Waals surface area contributed by atoms with Crippen LogP contribution in [0.25, 0.3) is 0 Å². The lowest BCUT2D eigenvalue weighted by Crippen LogP contribution is -2.34. The Balaban J connectivity index is 1.87. The summed E-state index contributed by atoms with van der Waals surface area (Å²) in [4.78, 5) is 0. The average molecular weight is 301 g/mol. The van der Waals surface area contributed by atoms with Crippen LogP contribution >= 0.6 is 7.26 Å². The van der Waals surface area contributed by atoms with Gasteiger partial charge < -0.3 is 9.47 Å². The third kappa shape index (κ3) is 4.18. The fourth-order valence-electron chi connectivity index (χ4n) is 3.67. The lowest BCUT2D eigenvalue weighted by atomic mass is 9.76. The minimum Gasteiger partial charge on any atom is -0.374 e. The van der Waals surface area contributed by atoms with Crippen molar-refractivity contribution in [3.8, 4) is 0 Å². The maximum absolute atomic E-state index is 6.50. The average Bonchev–Trinajstić information content (AvgIpc) is 2.47. The summed E-state index contributed by atoms with van der Waals surface area (Å²) in [5.74, 6) is 2.44. The van der Waals surface area contributed by atoms with Crippen molar-refractivity contribution >= 4 is 7.26 Å². The van der Waals surface area contributed by atoms with Gasteiger partial charge in [-0.25, -0.2) is 0 Å². The van der Waals surface area contributed by atoms with Crippen LogP contribution in [-0.4, -0.2) is 44.2 Å². The van der Waals surface area contributed by atoms with E-state index in [-0.39, 0.29) is 0 Å². The first-order chi connectivity index (χ1) is 9.56. The van der Waals surface area contributed by atoms with Gasteiger partial charge in [-0.2, -0.15) is 0 Å². The number of hydrogen-bond acceptors (Lipinski definition) is 2. The SMILES string of the molecule is CC[P+]1(CO[C@H]2CC(C(C)C)CCC2C)CCOCC1. The first-order valence-corrected chi connectivity index (χ1v) is 11.1. The van der Waals surface area contributed by atoms with E-state index in [1.165, 1.54) is 37.7 Å². The Labute approximate surface area is 126 Å². The largest absolute Gasteiger partial charge is 0.374 e. The first kappa shape index (κ1) is 16.7. The molecule has 0 N–H and O–H groups in total. The van der Waals surface area contributed by atoms with Gasteiger partial charge in [-0.1, -0.05) is 20.8 Å². The molecule has 118 valence electrons. The molecule has 0 radical (unpaired) electrons. The monoisotopic (exact) mass is 301 g/mol. The Morgan fingerprint density at radius 3 is 2.50 bits per heavy atom. The quantitative estimate of drug-likeness (QED) is 0.697. The van der Waals surface area contributed by atoms with Crippen molar-refractivity contribution in [1.82, 2.24) is 0 Å². The molecule has 1 aliphatic heterocycles. The first-order valence-electron chi connectivity index (χ1n) is 8.61. The van der Waals surface area contributed by atoms with E-state index in [1.54, 1.807) is 0 Å². The molecular formula is C17H34O2P+. The molecule has 2 nitrogen and oxygen atoms in total. The van der Waals surface area contributed by atoms with Crippen LogP contribution in [0.2, 0.25) is 0 Å². The number of hydrogen-bond donors (Lipinski definition) is 0. The highest BCUT2D eigenvalue weighted by Crippen LogP contribution is 2.59. The minimum atomic E-state index is -0.855. The second-order valence-electron chi connectivity index (χ2n) is 7.35. The van der Waals surface area contributed by atoms with Crippen LogP contribution < -0.4 is 0 Å². The second-order valence-corrected chi connectivity index (χ2v) is 11.8. The minimum absolute atomic E-state index is 0.516. The van der Waals surface area contributed by atoms with Gasteiger partial charge in [-0.05, 0) is 43.9 Å². The predicted molar refractivity (Wildman–Crippen MR) is 89.1 cm³/mol. The highest BCUT2D eigenvalue weighted by Gasteiger charge is 2.40. The van der Waals surface area contributed by atoms with Gasteiger partial charge in [0.25, 0.3) is 0 Å². The summed E-state index contributed by atoms with van der Waals surface area (Å²) < 4.78 is 12.1. The molecule has 1 aliphatic carbocycles. The van der Waals surface area contributed by atoms with E-state index in [0.717, 1.165) is 37.3 Å². The molecule has 0 amide bonds. The summed E-state index contributed by atoms with van der Waals surface area (Å²) in [7, 11) is -0.855. The van der Waals surface area contributed by atoms with E-state index in [1.807, 2.05) is 0 Å².